The van der Waals surface area contributed by atoms with E-state index in [1.54, 1.807) is 4.90 Å². The van der Waals surface area contributed by atoms with E-state index in [9.17, 15) is 22.8 Å². The first-order chi connectivity index (χ1) is 13.2. The molecule has 2 fully saturated rings. The number of amides is 2. The van der Waals surface area contributed by atoms with E-state index in [0.717, 1.165) is 24.1 Å². The molecule has 0 aromatic heterocycles. The van der Waals surface area contributed by atoms with E-state index in [0.29, 0.717) is 51.6 Å². The van der Waals surface area contributed by atoms with Crippen LogP contribution < -0.4 is 5.32 Å². The lowest BCUT2D eigenvalue weighted by Crippen LogP contribution is -2.48. The number of hydrogen-bond donors (Lipinski definition) is 1. The highest BCUT2D eigenvalue weighted by Gasteiger charge is 2.38. The van der Waals surface area contributed by atoms with Gasteiger partial charge in [0.2, 0.25) is 11.8 Å². The van der Waals surface area contributed by atoms with Crippen LogP contribution in [-0.4, -0.2) is 54.3 Å². The summed E-state index contributed by atoms with van der Waals surface area (Å²) in [6, 6.07) is 5.21. The highest BCUT2D eigenvalue weighted by molar-refractivity contribution is 5.82. The van der Waals surface area contributed by atoms with Gasteiger partial charge in [0.05, 0.1) is 5.56 Å². The number of carbonyl (C=O) groups excluding carboxylic acids is 2. The van der Waals surface area contributed by atoms with E-state index in [2.05, 4.69) is 10.2 Å². The van der Waals surface area contributed by atoms with Crippen molar-refractivity contribution in [2.45, 2.75) is 32.5 Å². The van der Waals surface area contributed by atoms with Gasteiger partial charge in [0.25, 0.3) is 0 Å². The second-order valence-corrected chi connectivity index (χ2v) is 7.71. The molecule has 1 aromatic carbocycles. The average molecular weight is 397 g/mol. The molecule has 1 heterocycles. The molecule has 0 unspecified atom stereocenters. The fourth-order valence-corrected chi connectivity index (χ4v) is 3.48. The minimum Gasteiger partial charge on any atom is -0.355 e. The summed E-state index contributed by atoms with van der Waals surface area (Å²) in [5.74, 6) is 0.636. The van der Waals surface area contributed by atoms with E-state index >= 15 is 0 Å². The van der Waals surface area contributed by atoms with E-state index in [1.165, 1.54) is 12.1 Å². The second kappa shape index (κ2) is 8.51. The average Bonchev–Trinajstić information content (AvgIpc) is 3.39. The maximum absolute atomic E-state index is 12.6. The predicted octanol–water partition coefficient (Wildman–Crippen LogP) is 2.51. The predicted molar refractivity (Wildman–Crippen MR) is 98.2 cm³/mol. The highest BCUT2D eigenvalue weighted by Crippen LogP contribution is 2.37. The molecule has 1 aliphatic carbocycles. The van der Waals surface area contributed by atoms with Crippen LogP contribution in [0.1, 0.15) is 30.9 Å². The first-order valence-electron chi connectivity index (χ1n) is 9.68. The molecule has 1 aromatic rings. The van der Waals surface area contributed by atoms with E-state index < -0.39 is 11.7 Å². The molecular weight excluding hydrogens is 371 g/mol. The Bertz CT molecular complexity index is 698. The topological polar surface area (TPSA) is 52.7 Å². The Morgan fingerprint density at radius 1 is 1.11 bits per heavy atom. The number of hydrogen-bond acceptors (Lipinski definition) is 3. The van der Waals surface area contributed by atoms with Crippen LogP contribution in [0.4, 0.5) is 13.2 Å². The molecule has 154 valence electrons. The minimum absolute atomic E-state index is 0.0262. The lowest BCUT2D eigenvalue weighted by Gasteiger charge is -2.35. The Morgan fingerprint density at radius 2 is 1.71 bits per heavy atom. The van der Waals surface area contributed by atoms with Gasteiger partial charge in [-0.3, -0.25) is 14.5 Å². The van der Waals surface area contributed by atoms with Crippen LogP contribution in [0.25, 0.3) is 0 Å². The molecule has 3 rings (SSSR count). The van der Waals surface area contributed by atoms with Crippen LogP contribution in [0, 0.1) is 11.8 Å². The second-order valence-electron chi connectivity index (χ2n) is 7.71. The largest absolute Gasteiger partial charge is 0.416 e. The number of benzene rings is 1. The zero-order valence-electron chi connectivity index (χ0n) is 16.0. The van der Waals surface area contributed by atoms with Gasteiger partial charge in [0.15, 0.2) is 0 Å². The van der Waals surface area contributed by atoms with Gasteiger partial charge in [0, 0.05) is 51.6 Å². The summed E-state index contributed by atoms with van der Waals surface area (Å²) in [4.78, 5) is 28.0. The van der Waals surface area contributed by atoms with Gasteiger partial charge in [-0.05, 0) is 30.0 Å². The molecule has 5 nitrogen and oxygen atoms in total. The Balaban J connectivity index is 1.36. The SMILES string of the molecule is C[C@H]1C[C@@H]1C(=O)NCCC(=O)N1CCN(Cc2ccc(C(F)(F)F)cc2)CC1. The molecule has 0 radical (unpaired) electrons. The van der Waals surface area contributed by atoms with Crippen molar-refractivity contribution in [1.82, 2.24) is 15.1 Å². The highest BCUT2D eigenvalue weighted by atomic mass is 19.4. The Labute approximate surface area is 162 Å². The fraction of sp³-hybridized carbons (Fsp3) is 0.600. The summed E-state index contributed by atoms with van der Waals surface area (Å²) in [6.45, 7) is 5.51. The lowest BCUT2D eigenvalue weighted by molar-refractivity contribution is -0.137. The van der Waals surface area contributed by atoms with Crippen molar-refractivity contribution in [3.8, 4) is 0 Å². The number of nitrogens with one attached hydrogen (secondary N) is 1. The van der Waals surface area contributed by atoms with Crippen LogP contribution in [-0.2, 0) is 22.3 Å². The third-order valence-corrected chi connectivity index (χ3v) is 5.50. The van der Waals surface area contributed by atoms with Crippen molar-refractivity contribution in [1.29, 1.82) is 0 Å². The van der Waals surface area contributed by atoms with Crippen LogP contribution in [0.3, 0.4) is 0 Å². The van der Waals surface area contributed by atoms with Crippen LogP contribution in [0.2, 0.25) is 0 Å². The molecule has 1 N–H and O–H groups in total. The molecule has 8 heteroatoms. The maximum atomic E-state index is 12.6. The van der Waals surface area contributed by atoms with Crippen LogP contribution in [0.5, 0.6) is 0 Å². The quantitative estimate of drug-likeness (QED) is 0.803. The molecule has 1 saturated heterocycles. The zero-order chi connectivity index (χ0) is 20.3. The van der Waals surface area contributed by atoms with Gasteiger partial charge in [-0.2, -0.15) is 13.2 Å². The van der Waals surface area contributed by atoms with Crippen molar-refractivity contribution in [3.05, 3.63) is 35.4 Å². The van der Waals surface area contributed by atoms with Gasteiger partial charge >= 0.3 is 6.18 Å². The van der Waals surface area contributed by atoms with Gasteiger partial charge < -0.3 is 10.2 Å². The van der Waals surface area contributed by atoms with Crippen LogP contribution in [0.15, 0.2) is 24.3 Å². The number of halogens is 3. The van der Waals surface area contributed by atoms with Crippen LogP contribution >= 0.6 is 0 Å². The van der Waals surface area contributed by atoms with Crippen molar-refractivity contribution in [2.75, 3.05) is 32.7 Å². The Morgan fingerprint density at radius 3 is 2.25 bits per heavy atom. The Kier molecular flexibility index (Phi) is 6.27. The van der Waals surface area contributed by atoms with Gasteiger partial charge in [-0.15, -0.1) is 0 Å². The van der Waals surface area contributed by atoms with E-state index in [-0.39, 0.29) is 17.7 Å². The molecule has 1 saturated carbocycles. The summed E-state index contributed by atoms with van der Waals surface area (Å²) in [5.41, 5.74) is 0.180. The maximum Gasteiger partial charge on any atom is 0.416 e. The van der Waals surface area contributed by atoms with Crippen molar-refractivity contribution < 1.29 is 22.8 Å². The van der Waals surface area contributed by atoms with Gasteiger partial charge in [0.1, 0.15) is 0 Å². The summed E-state index contributed by atoms with van der Waals surface area (Å²) < 4.78 is 37.9. The molecule has 2 amide bonds. The number of carbonyl (C=O) groups is 2. The number of rotatable bonds is 6. The molecule has 28 heavy (non-hydrogen) atoms. The van der Waals surface area contributed by atoms with Crippen molar-refractivity contribution in [3.63, 3.8) is 0 Å². The molecule has 0 spiro atoms. The van der Waals surface area contributed by atoms with E-state index in [1.807, 2.05) is 6.92 Å². The summed E-state index contributed by atoms with van der Waals surface area (Å²) >= 11 is 0. The molecule has 2 aliphatic rings. The monoisotopic (exact) mass is 397 g/mol. The van der Waals surface area contributed by atoms with E-state index in [4.69, 9.17) is 0 Å². The van der Waals surface area contributed by atoms with Gasteiger partial charge in [-0.1, -0.05) is 19.1 Å². The molecule has 0 bridgehead atoms. The normalized spacial score (nSPS) is 22.8. The Hall–Kier alpha value is -2.09. The first kappa shape index (κ1) is 20.6. The van der Waals surface area contributed by atoms with Gasteiger partial charge in [-0.25, -0.2) is 0 Å². The smallest absolute Gasteiger partial charge is 0.355 e. The third kappa shape index (κ3) is 5.47. The molecule has 2 atom stereocenters. The van der Waals surface area contributed by atoms with Crippen molar-refractivity contribution in [2.24, 2.45) is 11.8 Å². The first-order valence-corrected chi connectivity index (χ1v) is 9.68. The number of nitrogens with zero attached hydrogens (tertiary/aromatic N) is 2. The number of alkyl halides is 3. The summed E-state index contributed by atoms with van der Waals surface area (Å²) in [6.07, 6.45) is -3.09. The van der Waals surface area contributed by atoms with Crippen molar-refractivity contribution >= 4 is 11.8 Å². The molecule has 1 aliphatic heterocycles. The standard InChI is InChI=1S/C20H26F3N3O2/c1-14-12-17(14)19(28)24-7-6-18(27)26-10-8-25(9-11-26)13-15-2-4-16(5-3-15)20(21,22)23/h2-5,14,17H,6-13H2,1H3,(H,24,28)/t14-,17-/m0/s1. The fourth-order valence-electron chi connectivity index (χ4n) is 3.48. The minimum atomic E-state index is -4.32. The summed E-state index contributed by atoms with van der Waals surface area (Å²) in [7, 11) is 0. The number of piperazine rings is 1. The molecular formula is C20H26F3N3O2. The summed E-state index contributed by atoms with van der Waals surface area (Å²) in [5, 5.41) is 2.82. The lowest BCUT2D eigenvalue weighted by atomic mass is 10.1. The zero-order valence-corrected chi connectivity index (χ0v) is 16.0. The third-order valence-electron chi connectivity index (χ3n) is 5.50.